The van der Waals surface area contributed by atoms with Gasteiger partial charge in [-0.05, 0) is 29.8 Å². The van der Waals surface area contributed by atoms with Gasteiger partial charge in [-0.2, -0.15) is 0 Å². The van der Waals surface area contributed by atoms with E-state index in [0.29, 0.717) is 18.2 Å². The summed E-state index contributed by atoms with van der Waals surface area (Å²) in [6, 6.07) is 15.3. The molecule has 0 saturated heterocycles. The summed E-state index contributed by atoms with van der Waals surface area (Å²) in [7, 11) is 0. The fraction of sp³-hybridized carbons (Fsp3) is 0.176. The molecule has 0 aliphatic heterocycles. The van der Waals surface area contributed by atoms with Crippen LogP contribution in [-0.4, -0.2) is 17.5 Å². The number of nitrogens with one attached hydrogen (secondary N) is 1. The van der Waals surface area contributed by atoms with Crippen LogP contribution < -0.4 is 5.32 Å². The van der Waals surface area contributed by atoms with E-state index in [2.05, 4.69) is 10.3 Å². The number of carbonyl (C=O) groups is 1. The van der Waals surface area contributed by atoms with Crippen LogP contribution in [0.4, 0.5) is 0 Å². The zero-order chi connectivity index (χ0) is 16.1. The summed E-state index contributed by atoms with van der Waals surface area (Å²) in [6.45, 7) is 0.782. The molecule has 1 N–H and O–H groups in total. The average molecular weight is 347 g/mol. The maximum atomic E-state index is 11.8. The molecule has 1 amide bonds. The maximum Gasteiger partial charge on any atom is 0.246 e. The number of hydrogen-bond acceptors (Lipinski definition) is 4. The Kier molecular flexibility index (Phi) is 5.23. The third-order valence-corrected chi connectivity index (χ3v) is 4.42. The van der Waals surface area contributed by atoms with Gasteiger partial charge in [0.05, 0.1) is 16.8 Å². The van der Waals surface area contributed by atoms with Gasteiger partial charge in [0, 0.05) is 11.6 Å². The molecule has 0 aliphatic rings. The van der Waals surface area contributed by atoms with Crippen molar-refractivity contribution in [3.8, 4) is 0 Å². The second kappa shape index (κ2) is 7.55. The second-order valence-electron chi connectivity index (χ2n) is 4.97. The van der Waals surface area contributed by atoms with Crippen LogP contribution >= 0.6 is 22.9 Å². The van der Waals surface area contributed by atoms with Crippen LogP contribution in [0.3, 0.4) is 0 Å². The molecule has 0 saturated carbocycles. The zero-order valence-electron chi connectivity index (χ0n) is 12.3. The summed E-state index contributed by atoms with van der Waals surface area (Å²) in [5.41, 5.74) is 1.92. The van der Waals surface area contributed by atoms with E-state index in [9.17, 15) is 4.79 Å². The Morgan fingerprint density at radius 2 is 2.09 bits per heavy atom. The van der Waals surface area contributed by atoms with Gasteiger partial charge in [-0.1, -0.05) is 35.9 Å². The summed E-state index contributed by atoms with van der Waals surface area (Å²) in [5.74, 6) is -0.161. The van der Waals surface area contributed by atoms with Crippen LogP contribution in [-0.2, 0) is 22.7 Å². The lowest BCUT2D eigenvalue weighted by molar-refractivity contribution is -0.126. The highest BCUT2D eigenvalue weighted by atomic mass is 35.5. The van der Waals surface area contributed by atoms with E-state index in [4.69, 9.17) is 16.3 Å². The minimum Gasteiger partial charge on any atom is -0.364 e. The lowest BCUT2D eigenvalue weighted by Gasteiger charge is -2.06. The SMILES string of the molecule is O=C(COCc1nc2ccccc2s1)NCc1cccc(Cl)c1. The van der Waals surface area contributed by atoms with Gasteiger partial charge in [-0.25, -0.2) is 4.98 Å². The van der Waals surface area contributed by atoms with Crippen LogP contribution in [0.15, 0.2) is 48.5 Å². The monoisotopic (exact) mass is 346 g/mol. The molecule has 0 atom stereocenters. The fourth-order valence-corrected chi connectivity index (χ4v) is 3.23. The molecule has 118 valence electrons. The van der Waals surface area contributed by atoms with Gasteiger partial charge in [0.25, 0.3) is 0 Å². The van der Waals surface area contributed by atoms with E-state index in [1.54, 1.807) is 17.4 Å². The third-order valence-electron chi connectivity index (χ3n) is 3.18. The van der Waals surface area contributed by atoms with Crippen molar-refractivity contribution in [3.63, 3.8) is 0 Å². The number of para-hydroxylation sites is 1. The number of carbonyl (C=O) groups excluding carboxylic acids is 1. The van der Waals surface area contributed by atoms with Crippen molar-refractivity contribution < 1.29 is 9.53 Å². The molecule has 0 bridgehead atoms. The van der Waals surface area contributed by atoms with Gasteiger partial charge in [-0.3, -0.25) is 4.79 Å². The van der Waals surface area contributed by atoms with Crippen molar-refractivity contribution >= 4 is 39.1 Å². The molecule has 0 radical (unpaired) electrons. The van der Waals surface area contributed by atoms with Crippen LogP contribution in [0.2, 0.25) is 5.02 Å². The Balaban J connectivity index is 1.44. The molecule has 3 aromatic rings. The highest BCUT2D eigenvalue weighted by Gasteiger charge is 2.06. The molecule has 1 aromatic heterocycles. The number of rotatable bonds is 6. The number of amides is 1. The van der Waals surface area contributed by atoms with Gasteiger partial charge in [-0.15, -0.1) is 11.3 Å². The minimum absolute atomic E-state index is 0.0104. The molecule has 0 aliphatic carbocycles. The quantitative estimate of drug-likeness (QED) is 0.739. The van der Waals surface area contributed by atoms with Crippen LogP contribution in [0.25, 0.3) is 10.2 Å². The standard InChI is InChI=1S/C17H15ClN2O2S/c18-13-5-3-4-12(8-13)9-19-16(21)10-22-11-17-20-14-6-1-2-7-15(14)23-17/h1-8H,9-11H2,(H,19,21). The highest BCUT2D eigenvalue weighted by Crippen LogP contribution is 2.21. The first-order valence-electron chi connectivity index (χ1n) is 7.14. The normalized spacial score (nSPS) is 10.8. The van der Waals surface area contributed by atoms with Crippen LogP contribution in [0.1, 0.15) is 10.6 Å². The predicted molar refractivity (Wildman–Crippen MR) is 92.6 cm³/mol. The van der Waals surface area contributed by atoms with Crippen molar-refractivity contribution in [2.24, 2.45) is 0 Å². The Labute approximate surface area is 143 Å². The summed E-state index contributed by atoms with van der Waals surface area (Å²) in [4.78, 5) is 16.2. The molecule has 0 fully saturated rings. The number of nitrogens with zero attached hydrogens (tertiary/aromatic N) is 1. The first kappa shape index (κ1) is 15.9. The van der Waals surface area contributed by atoms with Crippen LogP contribution in [0, 0.1) is 0 Å². The first-order valence-corrected chi connectivity index (χ1v) is 8.33. The minimum atomic E-state index is -0.161. The van der Waals surface area contributed by atoms with Gasteiger partial charge >= 0.3 is 0 Å². The molecule has 0 spiro atoms. The molecule has 3 rings (SSSR count). The number of halogens is 1. The lowest BCUT2D eigenvalue weighted by Crippen LogP contribution is -2.27. The van der Waals surface area contributed by atoms with Crippen molar-refractivity contribution in [1.82, 2.24) is 10.3 Å². The van der Waals surface area contributed by atoms with Crippen molar-refractivity contribution in [3.05, 3.63) is 64.1 Å². The van der Waals surface area contributed by atoms with E-state index in [0.717, 1.165) is 20.8 Å². The number of aromatic nitrogens is 1. The summed E-state index contributed by atoms with van der Waals surface area (Å²) < 4.78 is 6.55. The van der Waals surface area contributed by atoms with E-state index >= 15 is 0 Å². The van der Waals surface area contributed by atoms with Crippen molar-refractivity contribution in [2.75, 3.05) is 6.61 Å². The summed E-state index contributed by atoms with van der Waals surface area (Å²) >= 11 is 7.48. The van der Waals surface area contributed by atoms with E-state index in [1.165, 1.54) is 0 Å². The highest BCUT2D eigenvalue weighted by molar-refractivity contribution is 7.18. The second-order valence-corrected chi connectivity index (χ2v) is 6.53. The largest absolute Gasteiger partial charge is 0.364 e. The van der Waals surface area contributed by atoms with E-state index < -0.39 is 0 Å². The molecular formula is C17H15ClN2O2S. The number of fused-ring (bicyclic) bond motifs is 1. The molecule has 6 heteroatoms. The van der Waals surface area contributed by atoms with E-state index in [-0.39, 0.29) is 12.5 Å². The van der Waals surface area contributed by atoms with Gasteiger partial charge < -0.3 is 10.1 Å². The Hall–Kier alpha value is -1.95. The molecule has 23 heavy (non-hydrogen) atoms. The summed E-state index contributed by atoms with van der Waals surface area (Å²) in [5, 5.41) is 4.33. The predicted octanol–water partition coefficient (Wildman–Crippen LogP) is 3.78. The summed E-state index contributed by atoms with van der Waals surface area (Å²) in [6.07, 6.45) is 0. The fourth-order valence-electron chi connectivity index (χ4n) is 2.11. The molecular weight excluding hydrogens is 332 g/mol. The van der Waals surface area contributed by atoms with Crippen molar-refractivity contribution in [2.45, 2.75) is 13.2 Å². The Morgan fingerprint density at radius 3 is 2.91 bits per heavy atom. The molecule has 2 aromatic carbocycles. The molecule has 4 nitrogen and oxygen atoms in total. The van der Waals surface area contributed by atoms with Crippen LogP contribution in [0.5, 0.6) is 0 Å². The smallest absolute Gasteiger partial charge is 0.246 e. The zero-order valence-corrected chi connectivity index (χ0v) is 13.9. The van der Waals surface area contributed by atoms with Gasteiger partial charge in [0.2, 0.25) is 5.91 Å². The number of hydrogen-bond donors (Lipinski definition) is 1. The maximum absolute atomic E-state index is 11.8. The Morgan fingerprint density at radius 1 is 1.22 bits per heavy atom. The molecule has 1 heterocycles. The Bertz CT molecular complexity index is 786. The van der Waals surface area contributed by atoms with Gasteiger partial charge in [0.1, 0.15) is 11.6 Å². The lowest BCUT2D eigenvalue weighted by atomic mass is 10.2. The third kappa shape index (κ3) is 4.51. The molecule has 0 unspecified atom stereocenters. The topological polar surface area (TPSA) is 51.2 Å². The van der Waals surface area contributed by atoms with E-state index in [1.807, 2.05) is 42.5 Å². The first-order chi connectivity index (χ1) is 11.2. The number of ether oxygens (including phenoxy) is 1. The number of thiazole rings is 1. The number of benzene rings is 2. The van der Waals surface area contributed by atoms with Crippen molar-refractivity contribution in [1.29, 1.82) is 0 Å². The average Bonchev–Trinajstić information content (AvgIpc) is 2.96. The van der Waals surface area contributed by atoms with Gasteiger partial charge in [0.15, 0.2) is 0 Å².